The van der Waals surface area contributed by atoms with Crippen LogP contribution in [0.1, 0.15) is 53.6 Å². The second kappa shape index (κ2) is 10.1. The number of likely N-dealkylation sites (tertiary alicyclic amines) is 1. The largest absolute Gasteiger partial charge is 0.494 e. The van der Waals surface area contributed by atoms with Crippen molar-refractivity contribution in [1.29, 1.82) is 0 Å². The average molecular weight is 419 g/mol. The Morgan fingerprint density at radius 1 is 1.00 bits per heavy atom. The van der Waals surface area contributed by atoms with Gasteiger partial charge >= 0.3 is 0 Å². The van der Waals surface area contributed by atoms with Gasteiger partial charge in [0.1, 0.15) is 5.75 Å². The summed E-state index contributed by atoms with van der Waals surface area (Å²) >= 11 is 0. The first-order chi connectivity index (χ1) is 15.1. The van der Waals surface area contributed by atoms with Crippen LogP contribution in [-0.2, 0) is 6.42 Å². The van der Waals surface area contributed by atoms with E-state index in [1.54, 1.807) is 0 Å². The number of carbonyl (C=O) groups excluding carboxylic acids is 1. The van der Waals surface area contributed by atoms with Gasteiger partial charge in [0.2, 0.25) is 0 Å². The van der Waals surface area contributed by atoms with Crippen LogP contribution in [0.2, 0.25) is 0 Å². The van der Waals surface area contributed by atoms with Crippen molar-refractivity contribution in [1.82, 2.24) is 4.90 Å². The maximum atomic E-state index is 13.0. The fourth-order valence-corrected chi connectivity index (χ4v) is 4.51. The molecule has 4 rings (SSSR count). The van der Waals surface area contributed by atoms with Gasteiger partial charge < -0.3 is 14.5 Å². The number of hydrogen-bond donors (Lipinski definition) is 0. The molecule has 0 spiro atoms. The molecule has 0 bridgehead atoms. The topological polar surface area (TPSA) is 32.8 Å². The summed E-state index contributed by atoms with van der Waals surface area (Å²) in [4.78, 5) is 17.6. The lowest BCUT2D eigenvalue weighted by molar-refractivity contribution is 0.102. The minimum Gasteiger partial charge on any atom is -0.494 e. The number of benzene rings is 2. The number of aryl methyl sites for hydroxylation is 1. The minimum absolute atomic E-state index is 0.148. The molecule has 31 heavy (non-hydrogen) atoms. The second-order valence-corrected chi connectivity index (χ2v) is 8.91. The number of allylic oxidation sites excluding steroid dienone is 1. The summed E-state index contributed by atoms with van der Waals surface area (Å²) in [6, 6.07) is 14.3. The monoisotopic (exact) mass is 418 g/mol. The third-order valence-electron chi connectivity index (χ3n) is 6.36. The van der Waals surface area contributed by atoms with Gasteiger partial charge in [-0.2, -0.15) is 0 Å². The van der Waals surface area contributed by atoms with Gasteiger partial charge in [-0.3, -0.25) is 4.79 Å². The van der Waals surface area contributed by atoms with E-state index in [-0.39, 0.29) is 5.78 Å². The standard InChI is InChI=1S/C27H34N2O2/c1-28(2)24-11-7-21(8-12-24)19-23-10-9-22-20-25(13-14-26(22)27(23)30)31-18-6-17-29-15-4-3-5-16-29/h7-8,11-14,19-20H,3-6,9-10,15-18H2,1-2H3/b23-19+. The molecule has 0 radical (unpaired) electrons. The van der Waals surface area contributed by atoms with Crippen LogP contribution in [0.25, 0.3) is 6.08 Å². The van der Waals surface area contributed by atoms with Gasteiger partial charge in [-0.1, -0.05) is 18.6 Å². The molecule has 0 aromatic heterocycles. The first-order valence-electron chi connectivity index (χ1n) is 11.6. The van der Waals surface area contributed by atoms with Crippen molar-refractivity contribution < 1.29 is 9.53 Å². The SMILES string of the molecule is CN(C)c1ccc(/C=C2\CCc3cc(OCCCN4CCCCC4)ccc3C2=O)cc1. The first kappa shape index (κ1) is 21.6. The van der Waals surface area contributed by atoms with Crippen LogP contribution in [0.15, 0.2) is 48.0 Å². The molecule has 1 heterocycles. The lowest BCUT2D eigenvalue weighted by Crippen LogP contribution is -2.31. The lowest BCUT2D eigenvalue weighted by Gasteiger charge is -2.26. The highest BCUT2D eigenvalue weighted by Gasteiger charge is 2.22. The van der Waals surface area contributed by atoms with Crippen molar-refractivity contribution in [2.24, 2.45) is 0 Å². The van der Waals surface area contributed by atoms with Crippen LogP contribution in [-0.4, -0.2) is 51.0 Å². The number of ketones is 1. The molecule has 0 amide bonds. The van der Waals surface area contributed by atoms with Crippen LogP contribution in [0.4, 0.5) is 5.69 Å². The Kier molecular flexibility index (Phi) is 7.08. The zero-order chi connectivity index (χ0) is 21.6. The van der Waals surface area contributed by atoms with Crippen LogP contribution >= 0.6 is 0 Å². The van der Waals surface area contributed by atoms with Gasteiger partial charge in [-0.25, -0.2) is 0 Å². The Balaban J connectivity index is 1.35. The van der Waals surface area contributed by atoms with Crippen molar-refractivity contribution in [3.8, 4) is 5.75 Å². The van der Waals surface area contributed by atoms with Crippen molar-refractivity contribution in [2.75, 3.05) is 45.2 Å². The Labute approximate surface area is 186 Å². The maximum absolute atomic E-state index is 13.0. The summed E-state index contributed by atoms with van der Waals surface area (Å²) in [5.41, 5.74) is 5.05. The Bertz CT molecular complexity index is 925. The van der Waals surface area contributed by atoms with Gasteiger partial charge in [0.25, 0.3) is 0 Å². The number of rotatable bonds is 7. The summed E-state index contributed by atoms with van der Waals surface area (Å²) < 4.78 is 5.99. The minimum atomic E-state index is 0.148. The fourth-order valence-electron chi connectivity index (χ4n) is 4.51. The third-order valence-corrected chi connectivity index (χ3v) is 6.36. The number of fused-ring (bicyclic) bond motifs is 1. The molecule has 1 saturated heterocycles. The Morgan fingerprint density at radius 2 is 1.77 bits per heavy atom. The zero-order valence-corrected chi connectivity index (χ0v) is 18.9. The summed E-state index contributed by atoms with van der Waals surface area (Å²) in [6.07, 6.45) is 8.79. The van der Waals surface area contributed by atoms with E-state index >= 15 is 0 Å². The van der Waals surface area contributed by atoms with Gasteiger partial charge in [-0.15, -0.1) is 0 Å². The van der Waals surface area contributed by atoms with Crippen LogP contribution in [0.5, 0.6) is 5.75 Å². The van der Waals surface area contributed by atoms with E-state index in [1.165, 1.54) is 32.4 Å². The molecular formula is C27H34N2O2. The lowest BCUT2D eigenvalue weighted by atomic mass is 9.86. The number of carbonyl (C=O) groups is 1. The molecular weight excluding hydrogens is 384 g/mol. The first-order valence-corrected chi connectivity index (χ1v) is 11.6. The number of anilines is 1. The smallest absolute Gasteiger partial charge is 0.189 e. The molecule has 0 unspecified atom stereocenters. The fraction of sp³-hybridized carbons (Fsp3) is 0.444. The van der Waals surface area contributed by atoms with Crippen molar-refractivity contribution in [3.63, 3.8) is 0 Å². The van der Waals surface area contributed by atoms with Crippen LogP contribution in [0, 0.1) is 0 Å². The summed E-state index contributed by atoms with van der Waals surface area (Å²) in [6.45, 7) is 4.32. The second-order valence-electron chi connectivity index (χ2n) is 8.91. The van der Waals surface area contributed by atoms with Gasteiger partial charge in [0, 0.05) is 37.5 Å². The molecule has 4 heteroatoms. The molecule has 2 aromatic carbocycles. The Morgan fingerprint density at radius 3 is 2.52 bits per heavy atom. The molecule has 0 saturated carbocycles. The maximum Gasteiger partial charge on any atom is 0.189 e. The predicted octanol–water partition coefficient (Wildman–Crippen LogP) is 5.22. The van der Waals surface area contributed by atoms with Crippen molar-refractivity contribution in [2.45, 2.75) is 38.5 Å². The highest BCUT2D eigenvalue weighted by atomic mass is 16.5. The van der Waals surface area contributed by atoms with Crippen LogP contribution < -0.4 is 9.64 Å². The summed E-state index contributed by atoms with van der Waals surface area (Å²) in [7, 11) is 4.06. The highest BCUT2D eigenvalue weighted by Crippen LogP contribution is 2.30. The van der Waals surface area contributed by atoms with E-state index in [9.17, 15) is 4.79 Å². The highest BCUT2D eigenvalue weighted by molar-refractivity contribution is 6.13. The number of ether oxygens (including phenoxy) is 1. The normalized spacial score (nSPS) is 18.1. The number of hydrogen-bond acceptors (Lipinski definition) is 4. The van der Waals surface area contributed by atoms with E-state index in [0.29, 0.717) is 0 Å². The molecule has 2 aliphatic rings. The van der Waals surface area contributed by atoms with E-state index < -0.39 is 0 Å². The van der Waals surface area contributed by atoms with Crippen molar-refractivity contribution in [3.05, 3.63) is 64.7 Å². The van der Waals surface area contributed by atoms with Crippen LogP contribution in [0.3, 0.4) is 0 Å². The number of piperidine rings is 1. The van der Waals surface area contributed by atoms with Gasteiger partial charge in [0.15, 0.2) is 5.78 Å². The Hall–Kier alpha value is -2.59. The summed E-state index contributed by atoms with van der Waals surface area (Å²) in [5, 5.41) is 0. The third kappa shape index (κ3) is 5.56. The number of nitrogens with zero attached hydrogens (tertiary/aromatic N) is 2. The molecule has 2 aromatic rings. The summed E-state index contributed by atoms with van der Waals surface area (Å²) in [5.74, 6) is 1.03. The van der Waals surface area contributed by atoms with E-state index in [0.717, 1.165) is 66.1 Å². The van der Waals surface area contributed by atoms with Crippen molar-refractivity contribution >= 4 is 17.5 Å². The van der Waals surface area contributed by atoms with Gasteiger partial charge in [-0.05, 0) is 92.7 Å². The predicted molar refractivity (Wildman–Crippen MR) is 128 cm³/mol. The van der Waals surface area contributed by atoms with E-state index in [1.807, 2.05) is 32.3 Å². The molecule has 1 aliphatic heterocycles. The molecule has 1 aliphatic carbocycles. The number of Topliss-reactive ketones (excluding diaryl/α,β-unsaturated/α-hetero) is 1. The molecule has 164 valence electrons. The van der Waals surface area contributed by atoms with E-state index in [4.69, 9.17) is 4.74 Å². The van der Waals surface area contributed by atoms with E-state index in [2.05, 4.69) is 40.1 Å². The average Bonchev–Trinajstić information content (AvgIpc) is 2.80. The molecule has 4 nitrogen and oxygen atoms in total. The van der Waals surface area contributed by atoms with Gasteiger partial charge in [0.05, 0.1) is 6.61 Å². The zero-order valence-electron chi connectivity index (χ0n) is 18.9. The molecule has 1 fully saturated rings. The molecule has 0 N–H and O–H groups in total. The quantitative estimate of drug-likeness (QED) is 0.456. The molecule has 0 atom stereocenters.